The smallest absolute Gasteiger partial charge is 0.169 e. The van der Waals surface area contributed by atoms with Crippen molar-refractivity contribution in [3.05, 3.63) is 24.3 Å². The second-order valence-electron chi connectivity index (χ2n) is 7.40. The van der Waals surface area contributed by atoms with Gasteiger partial charge in [0.2, 0.25) is 0 Å². The minimum atomic E-state index is 0.635. The average Bonchev–Trinajstić information content (AvgIpc) is 3.25. The normalized spacial score (nSPS) is 29.0. The molecule has 0 unspecified atom stereocenters. The Balaban J connectivity index is 1.28. The number of nitrogens with one attached hydrogen (secondary N) is 1. The Hall–Kier alpha value is -1.49. The molecule has 3 fully saturated rings. The number of rotatable bonds is 3. The minimum absolute atomic E-state index is 0.635. The molecule has 1 aromatic rings. The molecule has 1 heterocycles. The molecule has 2 bridgehead atoms. The van der Waals surface area contributed by atoms with Crippen LogP contribution in [0.3, 0.4) is 0 Å². The lowest BCUT2D eigenvalue weighted by molar-refractivity contribution is 0.345. The Bertz CT molecular complexity index is 583. The molecule has 0 spiro atoms. The highest BCUT2D eigenvalue weighted by molar-refractivity contribution is 7.80. The summed E-state index contributed by atoms with van der Waals surface area (Å²) in [5, 5.41) is 4.65. The zero-order valence-corrected chi connectivity index (χ0v) is 15.2. The quantitative estimate of drug-likeness (QED) is 0.851. The number of fused-ring (bicyclic) bond motifs is 2. The van der Waals surface area contributed by atoms with Crippen molar-refractivity contribution in [1.29, 1.82) is 0 Å². The second kappa shape index (κ2) is 6.79. The van der Waals surface area contributed by atoms with Gasteiger partial charge in [0, 0.05) is 37.9 Å². The summed E-state index contributed by atoms with van der Waals surface area (Å²) in [6, 6.07) is 8.98. The molecule has 1 N–H and O–H groups in total. The molecule has 0 aromatic heterocycles. The summed E-state index contributed by atoms with van der Waals surface area (Å²) in [4.78, 5) is 4.78. The van der Waals surface area contributed by atoms with Gasteiger partial charge in [0.1, 0.15) is 5.75 Å². The van der Waals surface area contributed by atoms with E-state index in [9.17, 15) is 0 Å². The molecule has 5 heteroatoms. The Labute approximate surface area is 150 Å². The van der Waals surface area contributed by atoms with Crippen LogP contribution in [-0.2, 0) is 0 Å². The maximum Gasteiger partial charge on any atom is 0.169 e. The van der Waals surface area contributed by atoms with Gasteiger partial charge in [0.05, 0.1) is 7.11 Å². The third-order valence-corrected chi connectivity index (χ3v) is 6.43. The number of piperazine rings is 1. The first kappa shape index (κ1) is 16.0. The molecule has 0 amide bonds. The Morgan fingerprint density at radius 3 is 2.42 bits per heavy atom. The van der Waals surface area contributed by atoms with E-state index in [1.54, 1.807) is 7.11 Å². The van der Waals surface area contributed by atoms with Crippen LogP contribution < -0.4 is 15.0 Å². The summed E-state index contributed by atoms with van der Waals surface area (Å²) in [5.41, 5.74) is 1.27. The highest BCUT2D eigenvalue weighted by Gasteiger charge is 2.40. The fourth-order valence-corrected chi connectivity index (χ4v) is 4.97. The van der Waals surface area contributed by atoms with Gasteiger partial charge >= 0.3 is 0 Å². The predicted molar refractivity (Wildman–Crippen MR) is 102 cm³/mol. The van der Waals surface area contributed by atoms with Gasteiger partial charge in [-0.3, -0.25) is 0 Å². The van der Waals surface area contributed by atoms with E-state index in [4.69, 9.17) is 17.0 Å². The third kappa shape index (κ3) is 3.18. The molecule has 4 rings (SSSR count). The van der Waals surface area contributed by atoms with Crippen LogP contribution in [0.15, 0.2) is 24.3 Å². The molecule has 24 heavy (non-hydrogen) atoms. The molecule has 4 nitrogen and oxygen atoms in total. The van der Waals surface area contributed by atoms with E-state index in [1.807, 2.05) is 12.1 Å². The Morgan fingerprint density at radius 1 is 1.08 bits per heavy atom. The first-order chi connectivity index (χ1) is 11.7. The SMILES string of the molecule is COc1ccc(N2CCN(C(=S)N[C@H]3C[C@H]4CC[C@@H]3C4)CC2)cc1. The van der Waals surface area contributed by atoms with Crippen molar-refractivity contribution in [3.8, 4) is 5.75 Å². The first-order valence-corrected chi connectivity index (χ1v) is 9.58. The lowest BCUT2D eigenvalue weighted by atomic mass is 9.95. The van der Waals surface area contributed by atoms with Gasteiger partial charge < -0.3 is 19.9 Å². The summed E-state index contributed by atoms with van der Waals surface area (Å²) < 4.78 is 5.24. The van der Waals surface area contributed by atoms with Crippen molar-refractivity contribution < 1.29 is 4.74 Å². The van der Waals surface area contributed by atoms with Crippen molar-refractivity contribution in [2.24, 2.45) is 11.8 Å². The highest BCUT2D eigenvalue weighted by atomic mass is 32.1. The number of nitrogens with zero attached hydrogens (tertiary/aromatic N) is 2. The second-order valence-corrected chi connectivity index (χ2v) is 7.79. The van der Waals surface area contributed by atoms with Crippen LogP contribution in [0, 0.1) is 11.8 Å². The van der Waals surface area contributed by atoms with Gasteiger partial charge in [-0.1, -0.05) is 6.42 Å². The average molecular weight is 346 g/mol. The standard InChI is InChI=1S/C19H27N3OS/c1-23-17-6-4-16(5-7-17)21-8-10-22(11-9-21)19(24)20-18-13-14-2-3-15(18)12-14/h4-7,14-15,18H,2-3,8-13H2,1H3,(H,20,24)/t14-,15+,18-/m0/s1. The summed E-state index contributed by atoms with van der Waals surface area (Å²) in [6.07, 6.45) is 5.59. The molecule has 2 saturated carbocycles. The fraction of sp³-hybridized carbons (Fsp3) is 0.632. The maximum atomic E-state index is 5.69. The summed E-state index contributed by atoms with van der Waals surface area (Å²) in [7, 11) is 1.71. The van der Waals surface area contributed by atoms with E-state index in [0.29, 0.717) is 6.04 Å². The van der Waals surface area contributed by atoms with Crippen LogP contribution in [0.5, 0.6) is 5.75 Å². The van der Waals surface area contributed by atoms with Gasteiger partial charge in [-0.2, -0.15) is 0 Å². The van der Waals surface area contributed by atoms with Crippen LogP contribution in [0.1, 0.15) is 25.7 Å². The van der Waals surface area contributed by atoms with Crippen LogP contribution >= 0.6 is 12.2 Å². The van der Waals surface area contributed by atoms with Crippen molar-refractivity contribution in [2.75, 3.05) is 38.2 Å². The number of benzene rings is 1. The van der Waals surface area contributed by atoms with E-state index < -0.39 is 0 Å². The Kier molecular flexibility index (Phi) is 4.53. The zero-order chi connectivity index (χ0) is 16.5. The van der Waals surface area contributed by atoms with E-state index in [1.165, 1.54) is 31.4 Å². The van der Waals surface area contributed by atoms with E-state index >= 15 is 0 Å². The number of ether oxygens (including phenoxy) is 1. The molecule has 130 valence electrons. The minimum Gasteiger partial charge on any atom is -0.497 e. The first-order valence-electron chi connectivity index (χ1n) is 9.17. The summed E-state index contributed by atoms with van der Waals surface area (Å²) in [6.45, 7) is 4.03. The van der Waals surface area contributed by atoms with Gasteiger partial charge in [0.25, 0.3) is 0 Å². The van der Waals surface area contributed by atoms with E-state index in [2.05, 4.69) is 27.2 Å². The van der Waals surface area contributed by atoms with Gasteiger partial charge in [-0.25, -0.2) is 0 Å². The van der Waals surface area contributed by atoms with Gasteiger partial charge in [-0.05, 0) is 67.6 Å². The number of thiocarbonyl (C=S) groups is 1. The fourth-order valence-electron chi connectivity index (χ4n) is 4.63. The van der Waals surface area contributed by atoms with Crippen molar-refractivity contribution in [1.82, 2.24) is 10.2 Å². The van der Waals surface area contributed by atoms with E-state index in [-0.39, 0.29) is 0 Å². The number of methoxy groups -OCH3 is 1. The summed E-state index contributed by atoms with van der Waals surface area (Å²) >= 11 is 5.69. The topological polar surface area (TPSA) is 27.7 Å². The molecule has 1 aromatic carbocycles. The molecule has 0 radical (unpaired) electrons. The molecule has 3 atom stereocenters. The maximum absolute atomic E-state index is 5.69. The van der Waals surface area contributed by atoms with Crippen molar-refractivity contribution in [3.63, 3.8) is 0 Å². The number of hydrogen-bond donors (Lipinski definition) is 1. The third-order valence-electron chi connectivity index (χ3n) is 6.05. The van der Waals surface area contributed by atoms with Crippen molar-refractivity contribution >= 4 is 23.0 Å². The molecular weight excluding hydrogens is 318 g/mol. The highest BCUT2D eigenvalue weighted by Crippen LogP contribution is 2.44. The van der Waals surface area contributed by atoms with Crippen LogP contribution in [0.4, 0.5) is 5.69 Å². The molecule has 2 aliphatic carbocycles. The van der Waals surface area contributed by atoms with Crippen molar-refractivity contribution in [2.45, 2.75) is 31.7 Å². The number of anilines is 1. The predicted octanol–water partition coefficient (Wildman–Crippen LogP) is 2.88. The monoisotopic (exact) mass is 345 g/mol. The molecule has 3 aliphatic rings. The summed E-state index contributed by atoms with van der Waals surface area (Å²) in [5.74, 6) is 2.74. The van der Waals surface area contributed by atoms with Gasteiger partial charge in [-0.15, -0.1) is 0 Å². The Morgan fingerprint density at radius 2 is 1.83 bits per heavy atom. The van der Waals surface area contributed by atoms with E-state index in [0.717, 1.165) is 48.9 Å². The number of hydrogen-bond acceptors (Lipinski definition) is 3. The van der Waals surface area contributed by atoms with Crippen LogP contribution in [0.2, 0.25) is 0 Å². The molecule has 1 saturated heterocycles. The van der Waals surface area contributed by atoms with Crippen LogP contribution in [-0.4, -0.2) is 49.3 Å². The largest absolute Gasteiger partial charge is 0.497 e. The van der Waals surface area contributed by atoms with Gasteiger partial charge in [0.15, 0.2) is 5.11 Å². The molecule has 1 aliphatic heterocycles. The lowest BCUT2D eigenvalue weighted by Gasteiger charge is -2.38. The zero-order valence-electron chi connectivity index (χ0n) is 14.4. The molecular formula is C19H27N3OS. The van der Waals surface area contributed by atoms with Crippen LogP contribution in [0.25, 0.3) is 0 Å². The lowest BCUT2D eigenvalue weighted by Crippen LogP contribution is -2.54.